The molecule has 0 aliphatic rings. The summed E-state index contributed by atoms with van der Waals surface area (Å²) >= 11 is 4.55. The Morgan fingerprint density at radius 1 is 1.47 bits per heavy atom. The number of carbonyl (C=O) groups excluding carboxylic acids is 1. The minimum absolute atomic E-state index is 0.102. The normalized spacial score (nSPS) is 12.0. The second-order valence-electron chi connectivity index (χ2n) is 3.65. The van der Waals surface area contributed by atoms with Crippen LogP contribution in [0.1, 0.15) is 14.5 Å². The second-order valence-corrected chi connectivity index (χ2v) is 5.67. The molecule has 0 saturated carbocycles. The van der Waals surface area contributed by atoms with Gasteiger partial charge in [0.05, 0.1) is 18.2 Å². The highest BCUT2D eigenvalue weighted by molar-refractivity contribution is 9.10. The summed E-state index contributed by atoms with van der Waals surface area (Å²) < 4.78 is 10.6. The van der Waals surface area contributed by atoms with Gasteiger partial charge in [0.2, 0.25) is 0 Å². The number of methoxy groups -OCH3 is 2. The van der Waals surface area contributed by atoms with Crippen molar-refractivity contribution in [1.29, 1.82) is 0 Å². The zero-order chi connectivity index (χ0) is 14.6. The molecule has 1 rings (SSSR count). The van der Waals surface area contributed by atoms with Gasteiger partial charge in [0, 0.05) is 12.0 Å². The lowest BCUT2D eigenvalue weighted by atomic mass is 10.3. The molecule has 8 heteroatoms. The number of carboxylic acids is 1. The van der Waals surface area contributed by atoms with Crippen LogP contribution in [0.3, 0.4) is 0 Å². The van der Waals surface area contributed by atoms with E-state index in [0.29, 0.717) is 15.1 Å². The van der Waals surface area contributed by atoms with Crippen molar-refractivity contribution in [2.24, 2.45) is 0 Å². The molecule has 1 atom stereocenters. The third-order valence-corrected chi connectivity index (χ3v) is 4.62. The second kappa shape index (κ2) is 6.88. The van der Waals surface area contributed by atoms with Gasteiger partial charge >= 0.3 is 5.97 Å². The zero-order valence-corrected chi connectivity index (χ0v) is 13.1. The van der Waals surface area contributed by atoms with Gasteiger partial charge in [0.1, 0.15) is 4.88 Å². The maximum absolute atomic E-state index is 12.1. The van der Waals surface area contributed by atoms with Gasteiger partial charge in [0.15, 0.2) is 11.8 Å². The van der Waals surface area contributed by atoms with Crippen molar-refractivity contribution in [3.8, 4) is 5.75 Å². The lowest BCUT2D eigenvalue weighted by Gasteiger charge is -2.13. The van der Waals surface area contributed by atoms with Crippen molar-refractivity contribution < 1.29 is 24.2 Å². The highest BCUT2D eigenvalue weighted by Crippen LogP contribution is 2.38. The standard InChI is InChI=1S/C11H14BrNO5S/c1-5-7(12)8(18-3)9(19-5)10(14)13-6(4-17-2)11(15)16/h6H,4H2,1-3H3,(H,13,14)(H,15,16). The Bertz CT molecular complexity index is 488. The average molecular weight is 352 g/mol. The van der Waals surface area contributed by atoms with Crippen molar-refractivity contribution in [3.05, 3.63) is 14.2 Å². The van der Waals surface area contributed by atoms with Gasteiger partial charge in [-0.3, -0.25) is 4.79 Å². The van der Waals surface area contributed by atoms with Crippen molar-refractivity contribution in [2.45, 2.75) is 13.0 Å². The van der Waals surface area contributed by atoms with E-state index in [1.165, 1.54) is 25.6 Å². The monoisotopic (exact) mass is 351 g/mol. The van der Waals surface area contributed by atoms with Gasteiger partial charge in [0.25, 0.3) is 5.91 Å². The minimum Gasteiger partial charge on any atom is -0.494 e. The largest absolute Gasteiger partial charge is 0.494 e. The van der Waals surface area contributed by atoms with Crippen molar-refractivity contribution in [2.75, 3.05) is 20.8 Å². The van der Waals surface area contributed by atoms with E-state index < -0.39 is 17.9 Å². The molecule has 0 fully saturated rings. The molecule has 2 N–H and O–H groups in total. The maximum atomic E-state index is 12.1. The highest BCUT2D eigenvalue weighted by Gasteiger charge is 2.25. The molecule has 1 amide bonds. The molecule has 1 heterocycles. The van der Waals surface area contributed by atoms with Gasteiger partial charge in [-0.2, -0.15) is 0 Å². The Kier molecular flexibility index (Phi) is 5.77. The summed E-state index contributed by atoms with van der Waals surface area (Å²) in [7, 11) is 2.82. The number of aryl methyl sites for hydroxylation is 1. The summed E-state index contributed by atoms with van der Waals surface area (Å²) in [4.78, 5) is 24.2. The zero-order valence-electron chi connectivity index (χ0n) is 10.7. The van der Waals surface area contributed by atoms with Gasteiger partial charge < -0.3 is 19.9 Å². The Hall–Kier alpha value is -1.12. The van der Waals surface area contributed by atoms with Gasteiger partial charge in [-0.05, 0) is 22.9 Å². The third-order valence-electron chi connectivity index (χ3n) is 2.32. The first-order valence-electron chi connectivity index (χ1n) is 5.27. The maximum Gasteiger partial charge on any atom is 0.328 e. The van der Waals surface area contributed by atoms with E-state index in [2.05, 4.69) is 21.2 Å². The Morgan fingerprint density at radius 3 is 2.58 bits per heavy atom. The van der Waals surface area contributed by atoms with E-state index in [0.717, 1.165) is 4.88 Å². The SMILES string of the molecule is COCC(NC(=O)c1sc(C)c(Br)c1OC)C(=O)O. The summed E-state index contributed by atoms with van der Waals surface area (Å²) in [6, 6.07) is -1.09. The van der Waals surface area contributed by atoms with Crippen LogP contribution in [-0.2, 0) is 9.53 Å². The van der Waals surface area contributed by atoms with Crippen molar-refractivity contribution in [3.63, 3.8) is 0 Å². The number of hydrogen-bond donors (Lipinski definition) is 2. The fraction of sp³-hybridized carbons (Fsp3) is 0.455. The van der Waals surface area contributed by atoms with E-state index in [1.807, 2.05) is 6.92 Å². The summed E-state index contributed by atoms with van der Waals surface area (Å²) in [6.07, 6.45) is 0. The molecule has 0 aliphatic heterocycles. The fourth-order valence-electron chi connectivity index (χ4n) is 1.40. The number of nitrogens with one attached hydrogen (secondary N) is 1. The number of ether oxygens (including phenoxy) is 2. The Balaban J connectivity index is 2.94. The predicted molar refractivity (Wildman–Crippen MR) is 74.1 cm³/mol. The highest BCUT2D eigenvalue weighted by atomic mass is 79.9. The number of rotatable bonds is 6. The quantitative estimate of drug-likeness (QED) is 0.813. The van der Waals surface area contributed by atoms with Crippen LogP contribution in [0.15, 0.2) is 4.47 Å². The number of carboxylic acid groups (broad SMARTS) is 1. The van der Waals surface area contributed by atoms with Crippen LogP contribution in [-0.4, -0.2) is 43.9 Å². The number of halogens is 1. The van der Waals surface area contributed by atoms with Gasteiger partial charge in [-0.25, -0.2) is 4.79 Å². The van der Waals surface area contributed by atoms with E-state index in [1.54, 1.807) is 0 Å². The number of aliphatic carboxylic acids is 1. The summed E-state index contributed by atoms with van der Waals surface area (Å²) in [5.41, 5.74) is 0. The topological polar surface area (TPSA) is 84.9 Å². The molecule has 0 aromatic carbocycles. The van der Waals surface area contributed by atoms with Crippen LogP contribution in [0.25, 0.3) is 0 Å². The lowest BCUT2D eigenvalue weighted by molar-refractivity contribution is -0.140. The molecule has 1 aromatic rings. The van der Waals surface area contributed by atoms with Crippen molar-refractivity contribution >= 4 is 39.1 Å². The number of hydrogen-bond acceptors (Lipinski definition) is 5. The van der Waals surface area contributed by atoms with E-state index >= 15 is 0 Å². The molecule has 6 nitrogen and oxygen atoms in total. The van der Waals surface area contributed by atoms with Gasteiger partial charge in [-0.15, -0.1) is 11.3 Å². The fourth-order valence-corrected chi connectivity index (χ4v) is 3.05. The molecule has 1 unspecified atom stereocenters. The first kappa shape index (κ1) is 15.9. The first-order valence-corrected chi connectivity index (χ1v) is 6.88. The van der Waals surface area contributed by atoms with Crippen LogP contribution in [0.2, 0.25) is 0 Å². The van der Waals surface area contributed by atoms with Crippen LogP contribution in [0.4, 0.5) is 0 Å². The molecule has 0 saturated heterocycles. The third kappa shape index (κ3) is 3.68. The van der Waals surface area contributed by atoms with E-state index in [9.17, 15) is 9.59 Å². The molecule has 0 bridgehead atoms. The van der Waals surface area contributed by atoms with Crippen LogP contribution < -0.4 is 10.1 Å². The molecule has 0 spiro atoms. The number of amides is 1. The minimum atomic E-state index is -1.15. The van der Waals surface area contributed by atoms with Crippen LogP contribution in [0.5, 0.6) is 5.75 Å². The Labute approximate surface area is 122 Å². The van der Waals surface area contributed by atoms with E-state index in [4.69, 9.17) is 14.6 Å². The smallest absolute Gasteiger partial charge is 0.328 e. The van der Waals surface area contributed by atoms with E-state index in [-0.39, 0.29) is 6.61 Å². The van der Waals surface area contributed by atoms with Gasteiger partial charge in [-0.1, -0.05) is 0 Å². The number of carbonyl (C=O) groups is 2. The van der Waals surface area contributed by atoms with Crippen LogP contribution >= 0.6 is 27.3 Å². The molecule has 106 valence electrons. The summed E-state index contributed by atoms with van der Waals surface area (Å²) in [6.45, 7) is 1.73. The molecule has 0 radical (unpaired) electrons. The molecular weight excluding hydrogens is 338 g/mol. The number of thiophene rings is 1. The Morgan fingerprint density at radius 2 is 2.11 bits per heavy atom. The lowest BCUT2D eigenvalue weighted by Crippen LogP contribution is -2.43. The molecule has 1 aromatic heterocycles. The first-order chi connectivity index (χ1) is 8.92. The summed E-state index contributed by atoms with van der Waals surface area (Å²) in [5.74, 6) is -1.25. The van der Waals surface area contributed by atoms with Crippen LogP contribution in [0, 0.1) is 6.92 Å². The average Bonchev–Trinajstić information content (AvgIpc) is 2.64. The molecular formula is C11H14BrNO5S. The summed E-state index contributed by atoms with van der Waals surface area (Å²) in [5, 5.41) is 11.3. The predicted octanol–water partition coefficient (Wildman–Crippen LogP) is 1.66. The molecule has 0 aliphatic carbocycles. The molecule has 19 heavy (non-hydrogen) atoms. The van der Waals surface area contributed by atoms with Crippen molar-refractivity contribution in [1.82, 2.24) is 5.32 Å².